The van der Waals surface area contributed by atoms with Crippen LogP contribution < -0.4 is 0 Å². The predicted molar refractivity (Wildman–Crippen MR) is 107 cm³/mol. The van der Waals surface area contributed by atoms with E-state index < -0.39 is 0 Å². The molecule has 2 atom stereocenters. The Morgan fingerprint density at radius 3 is 2.88 bits per heavy atom. The van der Waals surface area contributed by atoms with Crippen LogP contribution in [0.5, 0.6) is 0 Å². The van der Waals surface area contributed by atoms with Crippen LogP contribution in [-0.2, 0) is 6.54 Å². The van der Waals surface area contributed by atoms with Crippen molar-refractivity contribution in [1.82, 2.24) is 9.80 Å². The third-order valence-corrected chi connectivity index (χ3v) is 6.30. The van der Waals surface area contributed by atoms with Gasteiger partial charge in [0.25, 0.3) is 5.69 Å². The Morgan fingerprint density at radius 2 is 2.19 bits per heavy atom. The maximum Gasteiger partial charge on any atom is 0.269 e. The van der Waals surface area contributed by atoms with Gasteiger partial charge in [-0.2, -0.15) is 0 Å². The van der Waals surface area contributed by atoms with Gasteiger partial charge < -0.3 is 0 Å². The number of benzene rings is 1. The lowest BCUT2D eigenvalue weighted by Crippen LogP contribution is -2.30. The van der Waals surface area contributed by atoms with Gasteiger partial charge >= 0.3 is 0 Å². The van der Waals surface area contributed by atoms with Crippen LogP contribution in [0.2, 0.25) is 0 Å². The average Bonchev–Trinajstić information content (AvgIpc) is 3.23. The van der Waals surface area contributed by atoms with Gasteiger partial charge in [0.1, 0.15) is 0 Å². The molecule has 1 aromatic carbocycles. The largest absolute Gasteiger partial charge is 0.299 e. The molecular formula is C20H27N3O2S. The summed E-state index contributed by atoms with van der Waals surface area (Å²) in [7, 11) is 2.12. The molecular weight excluding hydrogens is 346 g/mol. The van der Waals surface area contributed by atoms with Crippen molar-refractivity contribution in [3.05, 3.63) is 61.8 Å². The van der Waals surface area contributed by atoms with E-state index in [2.05, 4.69) is 42.8 Å². The number of rotatable bonds is 7. The van der Waals surface area contributed by atoms with Gasteiger partial charge in [-0.05, 0) is 57.5 Å². The molecule has 0 spiro atoms. The second-order valence-electron chi connectivity index (χ2n) is 7.37. The standard InChI is InChI=1S/C20H27N3O2S/c1-15-7-8-20(26-15)14-22-10-9-17(13-22)12-21(3)16(2)18-5-4-6-19(11-18)23(24)25/h4-8,11,16-17H,9-10,12-14H2,1-3H3/t16-,17+/m1/s1. The zero-order valence-corrected chi connectivity index (χ0v) is 16.5. The molecule has 1 aliphatic rings. The van der Waals surface area contributed by atoms with Gasteiger partial charge in [0.05, 0.1) is 4.92 Å². The molecule has 0 amide bonds. The van der Waals surface area contributed by atoms with Crippen molar-refractivity contribution in [1.29, 1.82) is 0 Å². The fourth-order valence-electron chi connectivity index (χ4n) is 3.71. The summed E-state index contributed by atoms with van der Waals surface area (Å²) in [6, 6.07) is 11.6. The maximum absolute atomic E-state index is 11.0. The van der Waals surface area contributed by atoms with Gasteiger partial charge in [-0.25, -0.2) is 0 Å². The second kappa shape index (κ2) is 8.29. The Labute approximate surface area is 159 Å². The molecule has 0 radical (unpaired) electrons. The Hall–Kier alpha value is -1.76. The summed E-state index contributed by atoms with van der Waals surface area (Å²) < 4.78 is 0. The van der Waals surface area contributed by atoms with Crippen LogP contribution in [0.15, 0.2) is 36.4 Å². The summed E-state index contributed by atoms with van der Waals surface area (Å²) in [4.78, 5) is 18.4. The van der Waals surface area contributed by atoms with Crippen molar-refractivity contribution in [2.75, 3.05) is 26.7 Å². The highest BCUT2D eigenvalue weighted by Gasteiger charge is 2.25. The quantitative estimate of drug-likeness (QED) is 0.530. The van der Waals surface area contributed by atoms with Gasteiger partial charge in [-0.1, -0.05) is 12.1 Å². The minimum absolute atomic E-state index is 0.168. The summed E-state index contributed by atoms with van der Waals surface area (Å²) in [6.07, 6.45) is 1.22. The lowest BCUT2D eigenvalue weighted by atomic mass is 10.0. The molecule has 0 bridgehead atoms. The molecule has 2 heterocycles. The first-order chi connectivity index (χ1) is 12.4. The molecule has 1 fully saturated rings. The third-order valence-electron chi connectivity index (χ3n) is 5.32. The van der Waals surface area contributed by atoms with Crippen LogP contribution in [-0.4, -0.2) is 41.4 Å². The molecule has 1 aliphatic heterocycles. The van der Waals surface area contributed by atoms with Crippen LogP contribution in [0.4, 0.5) is 5.69 Å². The minimum atomic E-state index is -0.322. The van der Waals surface area contributed by atoms with Crippen molar-refractivity contribution >= 4 is 17.0 Å². The molecule has 140 valence electrons. The molecule has 0 unspecified atom stereocenters. The summed E-state index contributed by atoms with van der Waals surface area (Å²) in [6.45, 7) is 8.64. The molecule has 0 aliphatic carbocycles. The first kappa shape index (κ1) is 19.0. The van der Waals surface area contributed by atoms with Crippen LogP contribution in [0.25, 0.3) is 0 Å². The fraction of sp³-hybridized carbons (Fsp3) is 0.500. The lowest BCUT2D eigenvalue weighted by Gasteiger charge is -2.27. The van der Waals surface area contributed by atoms with E-state index in [1.165, 1.54) is 16.2 Å². The zero-order valence-electron chi connectivity index (χ0n) is 15.7. The first-order valence-electron chi connectivity index (χ1n) is 9.14. The Kier molecular flexibility index (Phi) is 6.06. The summed E-state index contributed by atoms with van der Waals surface area (Å²) >= 11 is 1.89. The highest BCUT2D eigenvalue weighted by Crippen LogP contribution is 2.27. The number of likely N-dealkylation sites (tertiary alicyclic amines) is 1. The fourth-order valence-corrected chi connectivity index (χ4v) is 4.65. The highest BCUT2D eigenvalue weighted by atomic mass is 32.1. The van der Waals surface area contributed by atoms with E-state index >= 15 is 0 Å². The van der Waals surface area contributed by atoms with Crippen LogP contribution in [0.1, 0.15) is 34.7 Å². The van der Waals surface area contributed by atoms with E-state index in [0.29, 0.717) is 5.92 Å². The van der Waals surface area contributed by atoms with E-state index in [9.17, 15) is 10.1 Å². The van der Waals surface area contributed by atoms with Crippen molar-refractivity contribution in [3.8, 4) is 0 Å². The molecule has 3 rings (SSSR count). The molecule has 6 heteroatoms. The van der Waals surface area contributed by atoms with E-state index in [-0.39, 0.29) is 16.7 Å². The Bertz CT molecular complexity index is 761. The van der Waals surface area contributed by atoms with Crippen LogP contribution >= 0.6 is 11.3 Å². The normalized spacial score (nSPS) is 19.2. The summed E-state index contributed by atoms with van der Waals surface area (Å²) in [5.74, 6) is 0.655. The molecule has 1 aromatic heterocycles. The van der Waals surface area contributed by atoms with Gasteiger partial charge in [-0.3, -0.25) is 19.9 Å². The lowest BCUT2D eigenvalue weighted by molar-refractivity contribution is -0.384. The Morgan fingerprint density at radius 1 is 1.38 bits per heavy atom. The zero-order chi connectivity index (χ0) is 18.7. The maximum atomic E-state index is 11.0. The molecule has 0 saturated carbocycles. The molecule has 0 N–H and O–H groups in total. The number of non-ortho nitro benzene ring substituents is 1. The smallest absolute Gasteiger partial charge is 0.269 e. The van der Waals surface area contributed by atoms with Gasteiger partial charge in [0, 0.05) is 47.6 Å². The number of nitro groups is 1. The van der Waals surface area contributed by atoms with Crippen LogP contribution in [0.3, 0.4) is 0 Å². The van der Waals surface area contributed by atoms with Crippen molar-refractivity contribution in [3.63, 3.8) is 0 Å². The molecule has 2 aromatic rings. The average molecular weight is 374 g/mol. The highest BCUT2D eigenvalue weighted by molar-refractivity contribution is 7.11. The SMILES string of the molecule is Cc1ccc(CN2CC[C@@H](CN(C)[C@H](C)c3cccc([N+](=O)[O-])c3)C2)s1. The number of aryl methyl sites for hydroxylation is 1. The third kappa shape index (κ3) is 4.69. The van der Waals surface area contributed by atoms with E-state index in [1.807, 2.05) is 17.4 Å². The van der Waals surface area contributed by atoms with Gasteiger partial charge in [-0.15, -0.1) is 11.3 Å². The number of hydrogen-bond acceptors (Lipinski definition) is 5. The summed E-state index contributed by atoms with van der Waals surface area (Å²) in [5.41, 5.74) is 1.17. The Balaban J connectivity index is 1.54. The summed E-state index contributed by atoms with van der Waals surface area (Å²) in [5, 5.41) is 11.0. The van der Waals surface area contributed by atoms with Crippen LogP contribution in [0, 0.1) is 23.0 Å². The molecule has 26 heavy (non-hydrogen) atoms. The number of thiophene rings is 1. The van der Waals surface area contributed by atoms with Gasteiger partial charge in [0.15, 0.2) is 0 Å². The number of nitrogens with zero attached hydrogens (tertiary/aromatic N) is 3. The van der Waals surface area contributed by atoms with Crippen molar-refractivity contribution in [2.24, 2.45) is 5.92 Å². The van der Waals surface area contributed by atoms with Crippen molar-refractivity contribution < 1.29 is 4.92 Å². The molecule has 5 nitrogen and oxygen atoms in total. The first-order valence-corrected chi connectivity index (χ1v) is 9.96. The second-order valence-corrected chi connectivity index (χ2v) is 8.74. The topological polar surface area (TPSA) is 49.6 Å². The van der Waals surface area contributed by atoms with E-state index in [1.54, 1.807) is 18.2 Å². The minimum Gasteiger partial charge on any atom is -0.299 e. The molecule has 1 saturated heterocycles. The van der Waals surface area contributed by atoms with E-state index in [4.69, 9.17) is 0 Å². The van der Waals surface area contributed by atoms with E-state index in [0.717, 1.165) is 31.7 Å². The monoisotopic (exact) mass is 373 g/mol. The predicted octanol–water partition coefficient (Wildman–Crippen LogP) is 4.48. The number of hydrogen-bond donors (Lipinski definition) is 0. The van der Waals surface area contributed by atoms with Gasteiger partial charge in [0.2, 0.25) is 0 Å². The number of nitro benzene ring substituents is 1. The van der Waals surface area contributed by atoms with Crippen molar-refractivity contribution in [2.45, 2.75) is 32.9 Å².